The van der Waals surface area contributed by atoms with Crippen LogP contribution in [0.4, 0.5) is 26.3 Å². The van der Waals surface area contributed by atoms with Crippen molar-refractivity contribution in [2.45, 2.75) is 26.2 Å². The fourth-order valence-electron chi connectivity index (χ4n) is 2.53. The number of benzene rings is 1. The molecule has 163 valence electrons. The third-order valence-electron chi connectivity index (χ3n) is 3.85. The fourth-order valence-corrected chi connectivity index (χ4v) is 2.53. The van der Waals surface area contributed by atoms with Gasteiger partial charge in [-0.1, -0.05) is 18.7 Å². The number of ether oxygens (including phenoxy) is 2. The highest BCUT2D eigenvalue weighted by Gasteiger charge is 2.45. The predicted molar refractivity (Wildman–Crippen MR) is 93.9 cm³/mol. The number of hydrogen-bond acceptors (Lipinski definition) is 3. The van der Waals surface area contributed by atoms with Crippen LogP contribution in [0.1, 0.15) is 30.5 Å². The Morgan fingerprint density at radius 2 is 1.55 bits per heavy atom. The molecule has 1 aromatic carbocycles. The molecule has 0 spiro atoms. The topological polar surface area (TPSA) is 38.8 Å². The van der Waals surface area contributed by atoms with Gasteiger partial charge in [0.25, 0.3) is 5.91 Å². The number of hydrogen-bond donors (Lipinski definition) is 0. The van der Waals surface area contributed by atoms with Crippen LogP contribution in [-0.4, -0.2) is 50.3 Å². The van der Waals surface area contributed by atoms with E-state index in [1.165, 1.54) is 0 Å². The molecule has 4 nitrogen and oxygen atoms in total. The van der Waals surface area contributed by atoms with E-state index >= 15 is 0 Å². The first kappa shape index (κ1) is 25.0. The third-order valence-corrected chi connectivity index (χ3v) is 3.85. The molecule has 0 N–H and O–H groups in total. The van der Waals surface area contributed by atoms with Gasteiger partial charge in [0, 0.05) is 31.9 Å². The fraction of sp³-hybridized carbons (Fsp3) is 0.526. The lowest BCUT2D eigenvalue weighted by molar-refractivity contribution is -0.162. The van der Waals surface area contributed by atoms with Crippen LogP contribution in [0.5, 0.6) is 0 Å². The number of amides is 1. The van der Waals surface area contributed by atoms with Gasteiger partial charge in [0.15, 0.2) is 0 Å². The minimum absolute atomic E-state index is 0.0191. The molecule has 0 unspecified atom stereocenters. The van der Waals surface area contributed by atoms with E-state index in [9.17, 15) is 31.1 Å². The summed E-state index contributed by atoms with van der Waals surface area (Å²) in [6, 6.07) is 3.02. The maximum atomic E-state index is 13.4. The van der Waals surface area contributed by atoms with Crippen molar-refractivity contribution < 1.29 is 40.6 Å². The molecule has 1 rings (SSSR count). The molecule has 29 heavy (non-hydrogen) atoms. The molecule has 0 atom stereocenters. The van der Waals surface area contributed by atoms with Crippen molar-refractivity contribution in [1.29, 1.82) is 0 Å². The molecule has 0 saturated heterocycles. The van der Waals surface area contributed by atoms with Crippen LogP contribution >= 0.6 is 0 Å². The number of carbonyl (C=O) groups excluding carboxylic acids is 1. The summed E-state index contributed by atoms with van der Waals surface area (Å²) in [5, 5.41) is 0. The van der Waals surface area contributed by atoms with Crippen LogP contribution in [0.15, 0.2) is 18.7 Å². The van der Waals surface area contributed by atoms with Gasteiger partial charge < -0.3 is 14.4 Å². The Balaban J connectivity index is 3.30. The van der Waals surface area contributed by atoms with E-state index in [4.69, 9.17) is 9.47 Å². The third kappa shape index (κ3) is 7.04. The summed E-state index contributed by atoms with van der Waals surface area (Å²) in [6.07, 6.45) is -10.7. The smallest absolute Gasteiger partial charge is 0.380 e. The summed E-state index contributed by atoms with van der Waals surface area (Å²) >= 11 is 0. The minimum Gasteiger partial charge on any atom is -0.380 e. The molecule has 0 aliphatic heterocycles. The Morgan fingerprint density at radius 1 is 1.03 bits per heavy atom. The van der Waals surface area contributed by atoms with E-state index in [1.807, 2.05) is 0 Å². The van der Waals surface area contributed by atoms with Crippen molar-refractivity contribution in [2.75, 3.05) is 39.5 Å². The van der Waals surface area contributed by atoms with E-state index in [1.54, 1.807) is 19.9 Å². The van der Waals surface area contributed by atoms with Crippen molar-refractivity contribution in [3.05, 3.63) is 41.5 Å². The van der Waals surface area contributed by atoms with Gasteiger partial charge in [-0.25, -0.2) is 0 Å². The molecule has 0 fully saturated rings. The van der Waals surface area contributed by atoms with Crippen LogP contribution < -0.4 is 0 Å². The minimum atomic E-state index is -5.36. The quantitative estimate of drug-likeness (QED) is 0.316. The molecule has 0 aliphatic rings. The number of carbonyl (C=O) groups is 1. The van der Waals surface area contributed by atoms with Gasteiger partial charge in [-0.05, 0) is 25.5 Å². The second-order valence-electron chi connectivity index (χ2n) is 5.80. The molecule has 0 bridgehead atoms. The Morgan fingerprint density at radius 3 is 1.97 bits per heavy atom. The molecule has 0 saturated carbocycles. The summed E-state index contributed by atoms with van der Waals surface area (Å²) < 4.78 is 89.9. The zero-order chi connectivity index (χ0) is 22.2. The molecule has 1 aromatic rings. The molecule has 1 radical (unpaired) electrons. The van der Waals surface area contributed by atoms with Gasteiger partial charge in [0.1, 0.15) is 0 Å². The van der Waals surface area contributed by atoms with E-state index in [0.717, 1.165) is 11.0 Å². The highest BCUT2D eigenvalue weighted by atomic mass is 19.4. The molecule has 0 aromatic heterocycles. The zero-order valence-electron chi connectivity index (χ0n) is 16.0. The number of nitrogens with zero attached hydrogens (tertiary/aromatic N) is 1. The van der Waals surface area contributed by atoms with E-state index in [0.29, 0.717) is 19.3 Å². The van der Waals surface area contributed by atoms with Gasteiger partial charge in [-0.2, -0.15) is 26.3 Å². The van der Waals surface area contributed by atoms with Crippen molar-refractivity contribution in [2.24, 2.45) is 0 Å². The summed E-state index contributed by atoms with van der Waals surface area (Å²) in [5.74, 6) is -0.936. The van der Waals surface area contributed by atoms with Crippen molar-refractivity contribution in [3.63, 3.8) is 0 Å². The van der Waals surface area contributed by atoms with Crippen LogP contribution in [0.3, 0.4) is 0 Å². The SMILES string of the molecule is C=C(C(=O)N(CCOCC)CCOCC)c1cc[c]c(C(F)(F)F)c1C(F)(F)F. The lowest BCUT2D eigenvalue weighted by Gasteiger charge is -2.25. The second kappa shape index (κ2) is 10.6. The average molecular weight is 426 g/mol. The monoisotopic (exact) mass is 426 g/mol. The maximum Gasteiger partial charge on any atom is 0.417 e. The second-order valence-corrected chi connectivity index (χ2v) is 5.80. The van der Waals surface area contributed by atoms with Gasteiger partial charge in [-0.3, -0.25) is 4.79 Å². The summed E-state index contributed by atoms with van der Waals surface area (Å²) in [5.41, 5.74) is -5.62. The molecular weight excluding hydrogens is 404 g/mol. The molecule has 0 heterocycles. The first-order chi connectivity index (χ1) is 13.4. The van der Waals surface area contributed by atoms with Crippen LogP contribution in [0.25, 0.3) is 5.57 Å². The van der Waals surface area contributed by atoms with Gasteiger partial charge in [0.05, 0.1) is 24.3 Å². The lowest BCUT2D eigenvalue weighted by Crippen LogP contribution is -2.37. The highest BCUT2D eigenvalue weighted by molar-refractivity contribution is 6.19. The van der Waals surface area contributed by atoms with Crippen LogP contribution in [0.2, 0.25) is 0 Å². The standard InChI is InChI=1S/C19H22F6NO3/c1-4-28-11-9-26(10-12-29-5-2)17(27)13(3)14-7-6-8-15(18(20,21)22)16(14)19(23,24)25/h6-7H,3-5,9-12H2,1-2H3. The molecular formula is C19H22F6NO3. The Hall–Kier alpha value is -2.07. The normalized spacial score (nSPS) is 12.1. The largest absolute Gasteiger partial charge is 0.417 e. The number of alkyl halides is 6. The van der Waals surface area contributed by atoms with Crippen molar-refractivity contribution >= 4 is 11.5 Å². The summed E-state index contributed by atoms with van der Waals surface area (Å²) in [4.78, 5) is 13.9. The van der Waals surface area contributed by atoms with E-state index < -0.39 is 40.5 Å². The predicted octanol–water partition coefficient (Wildman–Crippen LogP) is 4.44. The van der Waals surface area contributed by atoms with Crippen LogP contribution in [-0.2, 0) is 26.6 Å². The Bertz CT molecular complexity index is 690. The van der Waals surface area contributed by atoms with E-state index in [-0.39, 0.29) is 26.3 Å². The Labute approximate surface area is 165 Å². The first-order valence-electron chi connectivity index (χ1n) is 8.78. The van der Waals surface area contributed by atoms with Gasteiger partial charge >= 0.3 is 12.4 Å². The maximum absolute atomic E-state index is 13.4. The van der Waals surface area contributed by atoms with Gasteiger partial charge in [0.2, 0.25) is 0 Å². The number of rotatable bonds is 10. The van der Waals surface area contributed by atoms with Crippen molar-refractivity contribution in [1.82, 2.24) is 4.90 Å². The molecule has 10 heteroatoms. The molecule has 1 amide bonds. The van der Waals surface area contributed by atoms with Gasteiger partial charge in [-0.15, -0.1) is 0 Å². The summed E-state index contributed by atoms with van der Waals surface area (Å²) in [6.45, 7) is 7.75. The Kier molecular flexibility index (Phi) is 9.15. The molecule has 0 aliphatic carbocycles. The van der Waals surface area contributed by atoms with E-state index in [2.05, 4.69) is 6.58 Å². The van der Waals surface area contributed by atoms with Crippen molar-refractivity contribution in [3.8, 4) is 0 Å². The highest BCUT2D eigenvalue weighted by Crippen LogP contribution is 2.43. The lowest BCUT2D eigenvalue weighted by atomic mass is 9.94. The summed E-state index contributed by atoms with van der Waals surface area (Å²) in [7, 11) is 0. The zero-order valence-corrected chi connectivity index (χ0v) is 16.0. The van der Waals surface area contributed by atoms with Crippen LogP contribution in [0, 0.1) is 6.07 Å². The first-order valence-corrected chi connectivity index (χ1v) is 8.78. The number of halogens is 6. The average Bonchev–Trinajstić information content (AvgIpc) is 2.64.